The highest BCUT2D eigenvalue weighted by Gasteiger charge is 2.64. The van der Waals surface area contributed by atoms with Gasteiger partial charge in [-0.1, -0.05) is 11.6 Å². The Bertz CT molecular complexity index is 779. The number of benzene rings is 1. The van der Waals surface area contributed by atoms with Crippen molar-refractivity contribution < 1.29 is 28.6 Å². The quantitative estimate of drug-likeness (QED) is 0.787. The zero-order valence-electron chi connectivity index (χ0n) is 14.1. The molecule has 4 rings (SSSR count). The van der Waals surface area contributed by atoms with E-state index in [2.05, 4.69) is 5.32 Å². The predicted molar refractivity (Wildman–Crippen MR) is 90.7 cm³/mol. The molecule has 3 fully saturated rings. The highest BCUT2D eigenvalue weighted by molar-refractivity contribution is 6.31. The fourth-order valence-electron chi connectivity index (χ4n) is 4.52. The average Bonchev–Trinajstić information content (AvgIpc) is 3.22. The van der Waals surface area contributed by atoms with Gasteiger partial charge in [0.1, 0.15) is 11.9 Å². The summed E-state index contributed by atoms with van der Waals surface area (Å²) in [7, 11) is 1.47. The Hall–Kier alpha value is -2.28. The molecule has 2 saturated carbocycles. The summed E-state index contributed by atoms with van der Waals surface area (Å²) < 4.78 is 15.6. The molecule has 1 aromatic carbocycles. The van der Waals surface area contributed by atoms with E-state index in [0.717, 1.165) is 6.42 Å². The van der Waals surface area contributed by atoms with Crippen molar-refractivity contribution in [2.45, 2.75) is 18.9 Å². The minimum atomic E-state index is -0.506. The van der Waals surface area contributed by atoms with Crippen LogP contribution in [0.1, 0.15) is 12.8 Å². The lowest BCUT2D eigenvalue weighted by atomic mass is 9.80. The number of halogens is 1. The van der Waals surface area contributed by atoms with Crippen LogP contribution in [0.25, 0.3) is 0 Å². The summed E-state index contributed by atoms with van der Waals surface area (Å²) in [6.07, 6.45) is 1.48. The highest BCUT2D eigenvalue weighted by Crippen LogP contribution is 2.57. The van der Waals surface area contributed by atoms with Crippen molar-refractivity contribution in [3.05, 3.63) is 23.2 Å². The Kier molecular flexibility index (Phi) is 4.26. The summed E-state index contributed by atoms with van der Waals surface area (Å²) in [5, 5.41) is 3.05. The van der Waals surface area contributed by atoms with Gasteiger partial charge in [-0.2, -0.15) is 0 Å². The Balaban J connectivity index is 1.36. The van der Waals surface area contributed by atoms with Crippen molar-refractivity contribution in [3.63, 3.8) is 0 Å². The summed E-state index contributed by atoms with van der Waals surface area (Å²) in [6.45, 7) is -0.437. The number of ether oxygens (including phenoxy) is 3. The van der Waals surface area contributed by atoms with Gasteiger partial charge >= 0.3 is 11.9 Å². The molecule has 0 unspecified atom stereocenters. The molecule has 1 aliphatic heterocycles. The molecule has 8 heteroatoms. The van der Waals surface area contributed by atoms with E-state index >= 15 is 0 Å². The van der Waals surface area contributed by atoms with Crippen LogP contribution in [-0.4, -0.2) is 37.7 Å². The zero-order chi connectivity index (χ0) is 18.4. The van der Waals surface area contributed by atoms with Crippen LogP contribution in [-0.2, 0) is 23.9 Å². The third-order valence-corrected chi connectivity index (χ3v) is 5.77. The first-order chi connectivity index (χ1) is 12.5. The van der Waals surface area contributed by atoms with E-state index in [4.69, 9.17) is 25.8 Å². The number of methoxy groups -OCH3 is 1. The Morgan fingerprint density at radius 3 is 2.92 bits per heavy atom. The van der Waals surface area contributed by atoms with E-state index in [1.165, 1.54) is 7.11 Å². The van der Waals surface area contributed by atoms with Crippen molar-refractivity contribution in [1.82, 2.24) is 0 Å². The largest absolute Gasteiger partial charge is 0.495 e. The third kappa shape index (κ3) is 2.80. The van der Waals surface area contributed by atoms with E-state index in [9.17, 15) is 14.4 Å². The maximum absolute atomic E-state index is 12.4. The van der Waals surface area contributed by atoms with E-state index in [1.807, 2.05) is 0 Å². The van der Waals surface area contributed by atoms with Gasteiger partial charge in [-0.15, -0.1) is 0 Å². The number of hydrogen-bond donors (Lipinski definition) is 1. The number of hydrogen-bond acceptors (Lipinski definition) is 6. The molecule has 1 heterocycles. The van der Waals surface area contributed by atoms with Crippen molar-refractivity contribution in [3.8, 4) is 5.75 Å². The molecule has 2 aliphatic carbocycles. The molecule has 2 bridgehead atoms. The highest BCUT2D eigenvalue weighted by atomic mass is 35.5. The van der Waals surface area contributed by atoms with E-state index < -0.39 is 30.3 Å². The number of carbonyl (C=O) groups is 3. The second kappa shape index (κ2) is 6.46. The molecular weight excluding hydrogens is 362 g/mol. The molecular formula is C18H18ClNO6. The molecule has 0 spiro atoms. The summed E-state index contributed by atoms with van der Waals surface area (Å²) in [6, 6.07) is 4.81. The minimum absolute atomic E-state index is 0.0415. The maximum atomic E-state index is 12.4. The SMILES string of the molecule is COc1ccc(Cl)cc1NC(=O)COC(=O)[C@@H]1[C@@H]2C[C@H]3[C@@H]1C(=O)O[C@@H]3C2. The second-order valence-electron chi connectivity index (χ2n) is 6.92. The van der Waals surface area contributed by atoms with Gasteiger partial charge in [-0.05, 0) is 37.0 Å². The lowest BCUT2D eigenvalue weighted by molar-refractivity contribution is -0.157. The van der Waals surface area contributed by atoms with Crippen molar-refractivity contribution in [1.29, 1.82) is 0 Å². The van der Waals surface area contributed by atoms with Gasteiger partial charge in [-0.3, -0.25) is 14.4 Å². The monoisotopic (exact) mass is 379 g/mol. The van der Waals surface area contributed by atoms with Crippen LogP contribution in [0, 0.1) is 23.7 Å². The number of amides is 1. The molecule has 7 nitrogen and oxygen atoms in total. The van der Waals surface area contributed by atoms with Crippen LogP contribution >= 0.6 is 11.6 Å². The predicted octanol–water partition coefficient (Wildman–Crippen LogP) is 2.03. The van der Waals surface area contributed by atoms with Crippen LogP contribution in [0.2, 0.25) is 5.02 Å². The fourth-order valence-corrected chi connectivity index (χ4v) is 4.69. The smallest absolute Gasteiger partial charge is 0.310 e. The van der Waals surface area contributed by atoms with Gasteiger partial charge in [0.2, 0.25) is 0 Å². The van der Waals surface area contributed by atoms with Gasteiger partial charge in [0, 0.05) is 10.9 Å². The number of nitrogens with one attached hydrogen (secondary N) is 1. The summed E-state index contributed by atoms with van der Waals surface area (Å²) >= 11 is 5.92. The number of rotatable bonds is 5. The number of esters is 2. The molecule has 3 aliphatic rings. The first-order valence-corrected chi connectivity index (χ1v) is 8.86. The van der Waals surface area contributed by atoms with Crippen LogP contribution in [0.5, 0.6) is 5.75 Å². The van der Waals surface area contributed by atoms with Gasteiger partial charge < -0.3 is 19.5 Å². The Morgan fingerprint density at radius 2 is 2.15 bits per heavy atom. The van der Waals surface area contributed by atoms with Crippen molar-refractivity contribution >= 4 is 35.1 Å². The van der Waals surface area contributed by atoms with Gasteiger partial charge in [0.05, 0.1) is 24.6 Å². The van der Waals surface area contributed by atoms with Crippen LogP contribution < -0.4 is 10.1 Å². The van der Waals surface area contributed by atoms with Crippen LogP contribution in [0.3, 0.4) is 0 Å². The molecule has 5 atom stereocenters. The normalized spacial score (nSPS) is 30.8. The van der Waals surface area contributed by atoms with E-state index in [0.29, 0.717) is 22.9 Å². The maximum Gasteiger partial charge on any atom is 0.310 e. The van der Waals surface area contributed by atoms with Crippen molar-refractivity contribution in [2.24, 2.45) is 23.7 Å². The van der Waals surface area contributed by atoms with Gasteiger partial charge in [0.25, 0.3) is 5.91 Å². The summed E-state index contributed by atoms with van der Waals surface area (Å²) in [5.41, 5.74) is 0.392. The molecule has 1 N–H and O–H groups in total. The molecule has 1 aromatic rings. The van der Waals surface area contributed by atoms with E-state index in [-0.39, 0.29) is 23.9 Å². The first-order valence-electron chi connectivity index (χ1n) is 8.48. The van der Waals surface area contributed by atoms with Gasteiger partial charge in [-0.25, -0.2) is 0 Å². The summed E-state index contributed by atoms with van der Waals surface area (Å²) in [4.78, 5) is 36.5. The first kappa shape index (κ1) is 17.1. The number of fused-ring (bicyclic) bond motifs is 1. The van der Waals surface area contributed by atoms with E-state index in [1.54, 1.807) is 18.2 Å². The number of anilines is 1. The molecule has 1 amide bonds. The molecule has 138 valence electrons. The van der Waals surface area contributed by atoms with Gasteiger partial charge in [0.15, 0.2) is 6.61 Å². The fraction of sp³-hybridized carbons (Fsp3) is 0.500. The zero-order valence-corrected chi connectivity index (χ0v) is 14.8. The summed E-state index contributed by atoms with van der Waals surface area (Å²) in [5.74, 6) is -1.57. The lowest BCUT2D eigenvalue weighted by Gasteiger charge is -2.22. The number of carbonyl (C=O) groups excluding carboxylic acids is 3. The molecule has 0 aromatic heterocycles. The molecule has 26 heavy (non-hydrogen) atoms. The lowest BCUT2D eigenvalue weighted by Crippen LogP contribution is -2.35. The third-order valence-electron chi connectivity index (χ3n) is 5.54. The Labute approximate surface area is 154 Å². The molecule has 0 radical (unpaired) electrons. The van der Waals surface area contributed by atoms with Crippen molar-refractivity contribution in [2.75, 3.05) is 19.0 Å². The van der Waals surface area contributed by atoms with Crippen LogP contribution in [0.15, 0.2) is 18.2 Å². The molecule has 1 saturated heterocycles. The second-order valence-corrected chi connectivity index (χ2v) is 7.36. The topological polar surface area (TPSA) is 90.9 Å². The van der Waals surface area contributed by atoms with Crippen LogP contribution in [0.4, 0.5) is 5.69 Å². The minimum Gasteiger partial charge on any atom is -0.495 e. The average molecular weight is 380 g/mol. The Morgan fingerprint density at radius 1 is 1.35 bits per heavy atom. The standard InChI is InChI=1S/C18H18ClNO6/c1-24-12-3-2-9(19)6-11(12)20-14(21)7-25-17(22)15-8-4-10-13(5-8)26-18(23)16(10)15/h2-3,6,8,10,13,15-16H,4-5,7H2,1H3,(H,20,21)/t8-,10-,13-,15-,16+/m1/s1.